The van der Waals surface area contributed by atoms with Crippen molar-refractivity contribution in [1.82, 2.24) is 24.7 Å². The van der Waals surface area contributed by atoms with E-state index in [9.17, 15) is 18.0 Å². The van der Waals surface area contributed by atoms with Gasteiger partial charge in [-0.05, 0) is 25.8 Å². The third-order valence-corrected chi connectivity index (χ3v) is 4.84. The van der Waals surface area contributed by atoms with Crippen molar-refractivity contribution in [3.05, 3.63) is 34.5 Å². The molecule has 1 saturated carbocycles. The van der Waals surface area contributed by atoms with Crippen LogP contribution in [-0.4, -0.2) is 31.3 Å². The summed E-state index contributed by atoms with van der Waals surface area (Å²) < 4.78 is 47.3. The van der Waals surface area contributed by atoms with Gasteiger partial charge in [-0.2, -0.15) is 18.3 Å². The molecule has 0 aliphatic heterocycles. The highest BCUT2D eigenvalue weighted by molar-refractivity contribution is 5.80. The Hall–Kier alpha value is -2.91. The van der Waals surface area contributed by atoms with Crippen LogP contribution < -0.4 is 10.3 Å². The van der Waals surface area contributed by atoms with E-state index in [1.54, 1.807) is 13.0 Å². The first-order valence-corrected chi connectivity index (χ1v) is 9.07. The SMILES string of the molecule is CCOc1cnccc1-c1nc2c(c(C(F)(F)F)nn2C2CCCC2)c(=O)[nH]1. The maximum absolute atomic E-state index is 13.5. The molecule has 28 heavy (non-hydrogen) atoms. The Bertz CT molecular complexity index is 1070. The molecule has 1 N–H and O–H groups in total. The molecule has 4 rings (SSSR count). The molecular weight excluding hydrogens is 375 g/mol. The highest BCUT2D eigenvalue weighted by Gasteiger charge is 2.40. The first-order valence-electron chi connectivity index (χ1n) is 9.07. The van der Waals surface area contributed by atoms with Gasteiger partial charge in [-0.3, -0.25) is 9.78 Å². The lowest BCUT2D eigenvalue weighted by Gasteiger charge is -2.12. The van der Waals surface area contributed by atoms with Gasteiger partial charge in [0.2, 0.25) is 0 Å². The number of pyridine rings is 1. The summed E-state index contributed by atoms with van der Waals surface area (Å²) in [5.41, 5.74) is -1.69. The number of halogens is 3. The third kappa shape index (κ3) is 3.12. The van der Waals surface area contributed by atoms with Gasteiger partial charge in [-0.15, -0.1) is 0 Å². The second kappa shape index (κ2) is 6.92. The molecule has 3 aromatic rings. The van der Waals surface area contributed by atoms with Crippen LogP contribution in [0.3, 0.4) is 0 Å². The average molecular weight is 393 g/mol. The molecule has 3 aromatic heterocycles. The van der Waals surface area contributed by atoms with E-state index in [4.69, 9.17) is 4.74 Å². The number of alkyl halides is 3. The molecule has 10 heteroatoms. The molecule has 1 fully saturated rings. The van der Waals surface area contributed by atoms with E-state index in [1.165, 1.54) is 17.1 Å². The summed E-state index contributed by atoms with van der Waals surface area (Å²) in [5, 5.41) is 3.23. The van der Waals surface area contributed by atoms with Gasteiger partial charge in [-0.1, -0.05) is 12.8 Å². The number of rotatable bonds is 4. The van der Waals surface area contributed by atoms with Crippen molar-refractivity contribution in [3.8, 4) is 17.1 Å². The maximum Gasteiger partial charge on any atom is 0.436 e. The van der Waals surface area contributed by atoms with E-state index in [1.807, 2.05) is 0 Å². The van der Waals surface area contributed by atoms with Crippen molar-refractivity contribution in [1.29, 1.82) is 0 Å². The minimum absolute atomic E-state index is 0.0581. The van der Waals surface area contributed by atoms with Gasteiger partial charge in [0.15, 0.2) is 11.3 Å². The summed E-state index contributed by atoms with van der Waals surface area (Å²) in [4.78, 5) is 23.4. The van der Waals surface area contributed by atoms with E-state index in [0.717, 1.165) is 12.8 Å². The number of ether oxygens (including phenoxy) is 1. The summed E-state index contributed by atoms with van der Waals surface area (Å²) >= 11 is 0. The largest absolute Gasteiger partial charge is 0.491 e. The zero-order valence-electron chi connectivity index (χ0n) is 15.1. The summed E-state index contributed by atoms with van der Waals surface area (Å²) in [6, 6.07) is 1.39. The quantitative estimate of drug-likeness (QED) is 0.730. The van der Waals surface area contributed by atoms with E-state index >= 15 is 0 Å². The first-order chi connectivity index (χ1) is 13.4. The molecule has 0 saturated heterocycles. The fourth-order valence-electron chi connectivity index (χ4n) is 3.62. The minimum Gasteiger partial charge on any atom is -0.491 e. The average Bonchev–Trinajstić information content (AvgIpc) is 3.29. The van der Waals surface area contributed by atoms with Gasteiger partial charge < -0.3 is 9.72 Å². The van der Waals surface area contributed by atoms with Crippen molar-refractivity contribution in [3.63, 3.8) is 0 Å². The summed E-state index contributed by atoms with van der Waals surface area (Å²) in [5.74, 6) is 0.506. The lowest BCUT2D eigenvalue weighted by Crippen LogP contribution is -2.15. The fourth-order valence-corrected chi connectivity index (χ4v) is 3.62. The Morgan fingerprint density at radius 2 is 2.07 bits per heavy atom. The van der Waals surface area contributed by atoms with E-state index < -0.39 is 22.8 Å². The molecule has 0 unspecified atom stereocenters. The van der Waals surface area contributed by atoms with Gasteiger partial charge in [0.25, 0.3) is 5.56 Å². The molecule has 0 spiro atoms. The zero-order valence-corrected chi connectivity index (χ0v) is 15.1. The Morgan fingerprint density at radius 3 is 2.75 bits per heavy atom. The molecule has 148 valence electrons. The zero-order chi connectivity index (χ0) is 19.9. The lowest BCUT2D eigenvalue weighted by atomic mass is 10.2. The Labute approximate surface area is 157 Å². The molecule has 7 nitrogen and oxygen atoms in total. The Balaban J connectivity index is 1.98. The number of H-pyrrole nitrogens is 1. The number of hydrogen-bond acceptors (Lipinski definition) is 5. The predicted molar refractivity (Wildman–Crippen MR) is 95.1 cm³/mol. The van der Waals surface area contributed by atoms with Crippen LogP contribution >= 0.6 is 0 Å². The fraction of sp³-hybridized carbons (Fsp3) is 0.444. The molecule has 0 bridgehead atoms. The monoisotopic (exact) mass is 393 g/mol. The lowest BCUT2D eigenvalue weighted by molar-refractivity contribution is -0.140. The molecule has 3 heterocycles. The Morgan fingerprint density at radius 1 is 1.32 bits per heavy atom. The van der Waals surface area contributed by atoms with Crippen LogP contribution in [0.4, 0.5) is 13.2 Å². The van der Waals surface area contributed by atoms with Crippen molar-refractivity contribution < 1.29 is 17.9 Å². The van der Waals surface area contributed by atoms with E-state index in [0.29, 0.717) is 30.8 Å². The highest BCUT2D eigenvalue weighted by atomic mass is 19.4. The van der Waals surface area contributed by atoms with Crippen LogP contribution in [-0.2, 0) is 6.18 Å². The topological polar surface area (TPSA) is 85.7 Å². The van der Waals surface area contributed by atoms with Crippen molar-refractivity contribution >= 4 is 11.0 Å². The van der Waals surface area contributed by atoms with Crippen molar-refractivity contribution in [2.75, 3.05) is 6.61 Å². The third-order valence-electron chi connectivity index (χ3n) is 4.84. The standard InChI is InChI=1S/C18H18F3N5O2/c1-2-28-12-9-22-8-7-11(12)15-23-16-13(17(27)24-15)14(18(19,20)21)25-26(16)10-5-3-4-6-10/h7-10H,2-6H2,1H3,(H,23,24,27). The van der Waals surface area contributed by atoms with Gasteiger partial charge in [0.05, 0.1) is 24.4 Å². The minimum atomic E-state index is -4.74. The predicted octanol–water partition coefficient (Wildman–Crippen LogP) is 3.71. The number of nitrogens with one attached hydrogen (secondary N) is 1. The second-order valence-electron chi connectivity index (χ2n) is 6.65. The van der Waals surface area contributed by atoms with Gasteiger partial charge in [-0.25, -0.2) is 9.67 Å². The first kappa shape index (κ1) is 18.5. The van der Waals surface area contributed by atoms with E-state index in [-0.39, 0.29) is 17.5 Å². The van der Waals surface area contributed by atoms with Crippen LogP contribution in [0.15, 0.2) is 23.3 Å². The number of aromatic nitrogens is 5. The number of nitrogens with zero attached hydrogens (tertiary/aromatic N) is 4. The molecule has 0 aromatic carbocycles. The molecular formula is C18H18F3N5O2. The Kier molecular flexibility index (Phi) is 4.56. The molecule has 0 atom stereocenters. The van der Waals surface area contributed by atoms with E-state index in [2.05, 4.69) is 20.1 Å². The molecule has 1 aliphatic carbocycles. The van der Waals surface area contributed by atoms with Crippen molar-refractivity contribution in [2.45, 2.75) is 44.8 Å². The van der Waals surface area contributed by atoms with Crippen molar-refractivity contribution in [2.24, 2.45) is 0 Å². The maximum atomic E-state index is 13.5. The van der Waals surface area contributed by atoms with Crippen LogP contribution in [0, 0.1) is 0 Å². The van der Waals surface area contributed by atoms with Crippen LogP contribution in [0.25, 0.3) is 22.4 Å². The number of hydrogen-bond donors (Lipinski definition) is 1. The number of fused-ring (bicyclic) bond motifs is 1. The summed E-state index contributed by atoms with van der Waals surface area (Å²) in [6.45, 7) is 2.16. The van der Waals surface area contributed by atoms with Crippen LogP contribution in [0.2, 0.25) is 0 Å². The molecule has 0 radical (unpaired) electrons. The normalized spacial score (nSPS) is 15.4. The highest BCUT2D eigenvalue weighted by Crippen LogP contribution is 2.37. The van der Waals surface area contributed by atoms with Gasteiger partial charge in [0, 0.05) is 6.20 Å². The van der Waals surface area contributed by atoms with Gasteiger partial charge in [0.1, 0.15) is 17.0 Å². The summed E-state index contributed by atoms with van der Waals surface area (Å²) in [6.07, 6.45) is 1.44. The number of aromatic amines is 1. The molecule has 0 amide bonds. The van der Waals surface area contributed by atoms with Crippen LogP contribution in [0.5, 0.6) is 5.75 Å². The molecule has 1 aliphatic rings. The van der Waals surface area contributed by atoms with Gasteiger partial charge >= 0.3 is 6.18 Å². The smallest absolute Gasteiger partial charge is 0.436 e. The summed E-state index contributed by atoms with van der Waals surface area (Å²) in [7, 11) is 0. The van der Waals surface area contributed by atoms with Crippen LogP contribution in [0.1, 0.15) is 44.3 Å². The second-order valence-corrected chi connectivity index (χ2v) is 6.65.